The highest BCUT2D eigenvalue weighted by atomic mass is 35.5. The Bertz CT molecular complexity index is 543. The number of halogens is 1. The molecule has 17 heavy (non-hydrogen) atoms. The third-order valence-electron chi connectivity index (χ3n) is 3.14. The second-order valence-corrected chi connectivity index (χ2v) is 4.50. The number of pyridine rings is 1. The van der Waals surface area contributed by atoms with Crippen LogP contribution in [0, 0.1) is 5.92 Å². The molecule has 0 aliphatic rings. The van der Waals surface area contributed by atoms with Gasteiger partial charge >= 0.3 is 0 Å². The van der Waals surface area contributed by atoms with E-state index in [1.807, 2.05) is 13.8 Å². The monoisotopic (exact) mass is 250 g/mol. The first-order valence-corrected chi connectivity index (χ1v) is 6.22. The first-order chi connectivity index (χ1) is 8.19. The molecule has 0 saturated carbocycles. The molecule has 0 atom stereocenters. The third-order valence-corrected chi connectivity index (χ3v) is 3.46. The zero-order valence-electron chi connectivity index (χ0n) is 9.96. The van der Waals surface area contributed by atoms with Gasteiger partial charge in [-0.3, -0.25) is 4.79 Å². The molecule has 3 nitrogen and oxygen atoms in total. The van der Waals surface area contributed by atoms with Gasteiger partial charge in [0.25, 0.3) is 0 Å². The SMILES string of the molecule is CCC(CC)C(=O)c1c[nH]c2nccc(Cl)c12. The summed E-state index contributed by atoms with van der Waals surface area (Å²) >= 11 is 6.13. The van der Waals surface area contributed by atoms with Gasteiger partial charge in [-0.25, -0.2) is 4.98 Å². The van der Waals surface area contributed by atoms with Crippen LogP contribution in [0.15, 0.2) is 18.5 Å². The molecule has 0 aromatic carbocycles. The van der Waals surface area contributed by atoms with Gasteiger partial charge in [0.05, 0.1) is 5.02 Å². The van der Waals surface area contributed by atoms with Crippen molar-refractivity contribution in [3.63, 3.8) is 0 Å². The number of ketones is 1. The maximum Gasteiger partial charge on any atom is 0.168 e. The van der Waals surface area contributed by atoms with Crippen LogP contribution in [0.1, 0.15) is 37.0 Å². The summed E-state index contributed by atoms with van der Waals surface area (Å²) in [4.78, 5) is 19.5. The number of hydrogen-bond acceptors (Lipinski definition) is 2. The molecule has 0 amide bonds. The van der Waals surface area contributed by atoms with E-state index in [0.29, 0.717) is 16.2 Å². The van der Waals surface area contributed by atoms with Crippen LogP contribution < -0.4 is 0 Å². The lowest BCUT2D eigenvalue weighted by Crippen LogP contribution is -2.12. The van der Waals surface area contributed by atoms with Crippen LogP contribution in [0.5, 0.6) is 0 Å². The Hall–Kier alpha value is -1.35. The van der Waals surface area contributed by atoms with E-state index < -0.39 is 0 Å². The molecule has 2 rings (SSSR count). The molecular formula is C13H15ClN2O. The number of aromatic amines is 1. The number of hydrogen-bond donors (Lipinski definition) is 1. The van der Waals surface area contributed by atoms with Gasteiger partial charge in [0.15, 0.2) is 5.78 Å². The molecule has 4 heteroatoms. The molecule has 0 aliphatic heterocycles. The fraction of sp³-hybridized carbons (Fsp3) is 0.385. The van der Waals surface area contributed by atoms with Gasteiger partial charge in [-0.15, -0.1) is 0 Å². The van der Waals surface area contributed by atoms with Crippen molar-refractivity contribution in [2.75, 3.05) is 0 Å². The number of aromatic nitrogens is 2. The van der Waals surface area contributed by atoms with Crippen LogP contribution in [0.2, 0.25) is 5.02 Å². The van der Waals surface area contributed by atoms with Crippen molar-refractivity contribution in [3.8, 4) is 0 Å². The van der Waals surface area contributed by atoms with Crippen molar-refractivity contribution >= 4 is 28.4 Å². The molecule has 0 unspecified atom stereocenters. The number of carbonyl (C=O) groups is 1. The Balaban J connectivity index is 2.52. The lowest BCUT2D eigenvalue weighted by atomic mass is 9.93. The molecular weight excluding hydrogens is 236 g/mol. The molecule has 0 spiro atoms. The second kappa shape index (κ2) is 4.88. The van der Waals surface area contributed by atoms with E-state index in [4.69, 9.17) is 11.6 Å². The lowest BCUT2D eigenvalue weighted by molar-refractivity contribution is 0.0915. The molecule has 2 aromatic heterocycles. The first kappa shape index (κ1) is 12.1. The van der Waals surface area contributed by atoms with Crippen molar-refractivity contribution in [2.24, 2.45) is 5.92 Å². The van der Waals surface area contributed by atoms with Gasteiger partial charge < -0.3 is 4.98 Å². The zero-order valence-corrected chi connectivity index (χ0v) is 10.7. The second-order valence-electron chi connectivity index (χ2n) is 4.10. The Labute approximate surface area is 105 Å². The molecule has 1 N–H and O–H groups in total. The minimum atomic E-state index is 0.0604. The molecule has 90 valence electrons. The Morgan fingerprint density at radius 2 is 2.18 bits per heavy atom. The summed E-state index contributed by atoms with van der Waals surface area (Å²) < 4.78 is 0. The molecule has 2 heterocycles. The lowest BCUT2D eigenvalue weighted by Gasteiger charge is -2.10. The van der Waals surface area contributed by atoms with Crippen LogP contribution in [0.25, 0.3) is 11.0 Å². The summed E-state index contributed by atoms with van der Waals surface area (Å²) in [6, 6.07) is 1.71. The summed E-state index contributed by atoms with van der Waals surface area (Å²) in [7, 11) is 0. The van der Waals surface area contributed by atoms with E-state index in [2.05, 4.69) is 9.97 Å². The van der Waals surface area contributed by atoms with Gasteiger partial charge in [-0.05, 0) is 18.9 Å². The summed E-state index contributed by atoms with van der Waals surface area (Å²) in [5.41, 5.74) is 1.33. The predicted octanol–water partition coefficient (Wildman–Crippen LogP) is 3.84. The molecule has 2 aromatic rings. The Morgan fingerprint density at radius 1 is 1.47 bits per heavy atom. The van der Waals surface area contributed by atoms with Crippen molar-refractivity contribution in [1.82, 2.24) is 9.97 Å². The molecule has 0 saturated heterocycles. The molecule has 0 fully saturated rings. The van der Waals surface area contributed by atoms with Crippen LogP contribution in [-0.4, -0.2) is 15.8 Å². The minimum absolute atomic E-state index is 0.0604. The molecule has 0 radical (unpaired) electrons. The van der Waals surface area contributed by atoms with Gasteiger partial charge in [0.2, 0.25) is 0 Å². The van der Waals surface area contributed by atoms with Gasteiger partial charge in [0.1, 0.15) is 5.65 Å². The van der Waals surface area contributed by atoms with E-state index in [9.17, 15) is 4.79 Å². The third kappa shape index (κ3) is 2.07. The van der Waals surface area contributed by atoms with E-state index in [1.165, 1.54) is 0 Å². The largest absolute Gasteiger partial charge is 0.345 e. The number of fused-ring (bicyclic) bond motifs is 1. The molecule has 0 aliphatic carbocycles. The zero-order chi connectivity index (χ0) is 12.4. The predicted molar refractivity (Wildman–Crippen MR) is 69.5 cm³/mol. The maximum atomic E-state index is 12.3. The number of rotatable bonds is 4. The standard InChI is InChI=1S/C13H15ClN2O/c1-3-8(4-2)12(17)9-7-16-13-11(9)10(14)5-6-15-13/h5-8H,3-4H2,1-2H3,(H,15,16). The van der Waals surface area contributed by atoms with Crippen molar-refractivity contribution < 1.29 is 4.79 Å². The highest BCUT2D eigenvalue weighted by molar-refractivity contribution is 6.36. The average Bonchev–Trinajstić information content (AvgIpc) is 2.75. The minimum Gasteiger partial charge on any atom is -0.345 e. The van der Waals surface area contributed by atoms with Crippen LogP contribution in [-0.2, 0) is 0 Å². The summed E-state index contributed by atoms with van der Waals surface area (Å²) in [6.07, 6.45) is 5.04. The normalized spacial score (nSPS) is 11.3. The summed E-state index contributed by atoms with van der Waals surface area (Å²) in [5.74, 6) is 0.210. The number of Topliss-reactive ketones (excluding diaryl/α,β-unsaturated/α-hetero) is 1. The van der Waals surface area contributed by atoms with Crippen molar-refractivity contribution in [2.45, 2.75) is 26.7 Å². The molecule has 0 bridgehead atoms. The quantitative estimate of drug-likeness (QED) is 0.838. The van der Waals surface area contributed by atoms with Crippen LogP contribution in [0.4, 0.5) is 0 Å². The van der Waals surface area contributed by atoms with Gasteiger partial charge in [-0.1, -0.05) is 25.4 Å². The number of carbonyl (C=O) groups excluding carboxylic acids is 1. The van der Waals surface area contributed by atoms with E-state index in [0.717, 1.165) is 18.2 Å². The fourth-order valence-corrected chi connectivity index (χ4v) is 2.34. The maximum absolute atomic E-state index is 12.3. The first-order valence-electron chi connectivity index (χ1n) is 5.84. The smallest absolute Gasteiger partial charge is 0.168 e. The highest BCUT2D eigenvalue weighted by Gasteiger charge is 2.21. The van der Waals surface area contributed by atoms with E-state index in [-0.39, 0.29) is 11.7 Å². The van der Waals surface area contributed by atoms with Crippen molar-refractivity contribution in [3.05, 3.63) is 29.0 Å². The Morgan fingerprint density at radius 3 is 2.82 bits per heavy atom. The van der Waals surface area contributed by atoms with Gasteiger partial charge in [0, 0.05) is 29.3 Å². The van der Waals surface area contributed by atoms with E-state index >= 15 is 0 Å². The number of nitrogens with zero attached hydrogens (tertiary/aromatic N) is 1. The summed E-state index contributed by atoms with van der Waals surface area (Å²) in [5, 5.41) is 1.32. The van der Waals surface area contributed by atoms with Gasteiger partial charge in [-0.2, -0.15) is 0 Å². The van der Waals surface area contributed by atoms with Crippen LogP contribution >= 0.6 is 11.6 Å². The van der Waals surface area contributed by atoms with E-state index in [1.54, 1.807) is 18.5 Å². The average molecular weight is 251 g/mol. The number of H-pyrrole nitrogens is 1. The highest BCUT2D eigenvalue weighted by Crippen LogP contribution is 2.28. The van der Waals surface area contributed by atoms with Crippen LogP contribution in [0.3, 0.4) is 0 Å². The summed E-state index contributed by atoms with van der Waals surface area (Å²) in [6.45, 7) is 4.06. The Kier molecular flexibility index (Phi) is 3.48. The van der Waals surface area contributed by atoms with Crippen molar-refractivity contribution in [1.29, 1.82) is 0 Å². The fourth-order valence-electron chi connectivity index (χ4n) is 2.09. The topological polar surface area (TPSA) is 45.8 Å². The number of nitrogens with one attached hydrogen (secondary N) is 1.